The number of ether oxygens (including phenoxy) is 1. The normalized spacial score (nSPS) is 13.1. The predicted molar refractivity (Wildman–Crippen MR) is 79.9 cm³/mol. The summed E-state index contributed by atoms with van der Waals surface area (Å²) < 4.78 is 5.86. The van der Waals surface area contributed by atoms with Gasteiger partial charge in [0.1, 0.15) is 12.4 Å². The maximum atomic E-state index is 9.61. The van der Waals surface area contributed by atoms with E-state index >= 15 is 0 Å². The Labute approximate surface area is 118 Å². The van der Waals surface area contributed by atoms with Crippen molar-refractivity contribution in [3.05, 3.63) is 29.3 Å². The first-order chi connectivity index (χ1) is 8.47. The number of para-hydroxylation sites is 1. The van der Waals surface area contributed by atoms with Crippen LogP contribution >= 0.6 is 15.9 Å². The first-order valence-electron chi connectivity index (χ1n) is 6.47. The number of rotatable bonds is 6. The molecule has 1 N–H and O–H groups in total. The third-order valence-electron chi connectivity index (χ3n) is 2.92. The summed E-state index contributed by atoms with van der Waals surface area (Å²) in [4.78, 5) is 0. The molecule has 0 fully saturated rings. The molecule has 0 aliphatic heterocycles. The third-order valence-corrected chi connectivity index (χ3v) is 3.67. The van der Waals surface area contributed by atoms with Crippen molar-refractivity contribution in [3.8, 4) is 5.75 Å². The molecule has 3 heteroatoms. The van der Waals surface area contributed by atoms with Crippen LogP contribution < -0.4 is 4.74 Å². The molecule has 2 nitrogen and oxygen atoms in total. The fourth-order valence-electron chi connectivity index (χ4n) is 1.87. The van der Waals surface area contributed by atoms with E-state index in [2.05, 4.69) is 61.8 Å². The standard InChI is InChI=1S/C15H23BrO2/c1-10(2)13-6-5-7-14(11(3)4)15(13)18-9-12(17)8-16/h5-7,10-12,17H,8-9H2,1-4H3. The number of hydrogen-bond donors (Lipinski definition) is 1. The molecule has 18 heavy (non-hydrogen) atoms. The zero-order chi connectivity index (χ0) is 13.7. The van der Waals surface area contributed by atoms with Crippen molar-refractivity contribution in [2.45, 2.75) is 45.6 Å². The maximum absolute atomic E-state index is 9.61. The Morgan fingerprint density at radius 2 is 1.61 bits per heavy atom. The first-order valence-corrected chi connectivity index (χ1v) is 7.59. The van der Waals surface area contributed by atoms with Crippen LogP contribution in [0.3, 0.4) is 0 Å². The van der Waals surface area contributed by atoms with Gasteiger partial charge in [-0.1, -0.05) is 61.8 Å². The summed E-state index contributed by atoms with van der Waals surface area (Å²) >= 11 is 3.25. The van der Waals surface area contributed by atoms with E-state index in [0.29, 0.717) is 23.8 Å². The van der Waals surface area contributed by atoms with Gasteiger partial charge in [0.2, 0.25) is 0 Å². The van der Waals surface area contributed by atoms with Crippen LogP contribution in [0.1, 0.15) is 50.7 Å². The van der Waals surface area contributed by atoms with E-state index in [1.807, 2.05) is 0 Å². The fraction of sp³-hybridized carbons (Fsp3) is 0.600. The highest BCUT2D eigenvalue weighted by Gasteiger charge is 2.16. The smallest absolute Gasteiger partial charge is 0.126 e. The summed E-state index contributed by atoms with van der Waals surface area (Å²) in [5.74, 6) is 1.78. The number of aliphatic hydroxyl groups excluding tert-OH is 1. The molecule has 0 aliphatic carbocycles. The largest absolute Gasteiger partial charge is 0.490 e. The van der Waals surface area contributed by atoms with Crippen LogP contribution in [0.5, 0.6) is 5.75 Å². The van der Waals surface area contributed by atoms with Gasteiger partial charge in [0.15, 0.2) is 0 Å². The monoisotopic (exact) mass is 314 g/mol. The lowest BCUT2D eigenvalue weighted by molar-refractivity contribution is 0.125. The second-order valence-corrected chi connectivity index (χ2v) is 5.84. The molecule has 1 aromatic carbocycles. The first kappa shape index (κ1) is 15.5. The van der Waals surface area contributed by atoms with Gasteiger partial charge in [-0.15, -0.1) is 0 Å². The average molecular weight is 315 g/mol. The summed E-state index contributed by atoms with van der Waals surface area (Å²) in [6.07, 6.45) is -0.467. The molecule has 102 valence electrons. The Hall–Kier alpha value is -0.540. The van der Waals surface area contributed by atoms with E-state index in [1.165, 1.54) is 11.1 Å². The minimum atomic E-state index is -0.467. The van der Waals surface area contributed by atoms with Crippen LogP contribution in [-0.4, -0.2) is 23.1 Å². The van der Waals surface area contributed by atoms with E-state index in [-0.39, 0.29) is 0 Å². The average Bonchev–Trinajstić information content (AvgIpc) is 2.34. The number of aliphatic hydroxyl groups is 1. The number of benzene rings is 1. The molecule has 0 spiro atoms. The minimum absolute atomic E-state index is 0.328. The van der Waals surface area contributed by atoms with Gasteiger partial charge in [0, 0.05) is 5.33 Å². The van der Waals surface area contributed by atoms with Gasteiger partial charge in [-0.2, -0.15) is 0 Å². The molecule has 0 bridgehead atoms. The van der Waals surface area contributed by atoms with E-state index in [1.54, 1.807) is 0 Å². The molecule has 1 unspecified atom stereocenters. The highest BCUT2D eigenvalue weighted by Crippen LogP contribution is 2.34. The summed E-state index contributed by atoms with van der Waals surface area (Å²) in [7, 11) is 0. The van der Waals surface area contributed by atoms with Gasteiger partial charge in [-0.3, -0.25) is 0 Å². The zero-order valence-electron chi connectivity index (χ0n) is 11.6. The van der Waals surface area contributed by atoms with Gasteiger partial charge < -0.3 is 9.84 Å². The predicted octanol–water partition coefficient (Wildman–Crippen LogP) is 4.07. The van der Waals surface area contributed by atoms with Gasteiger partial charge in [0.25, 0.3) is 0 Å². The van der Waals surface area contributed by atoms with Crippen LogP contribution in [0.25, 0.3) is 0 Å². The molecule has 0 radical (unpaired) electrons. The quantitative estimate of drug-likeness (QED) is 0.802. The lowest BCUT2D eigenvalue weighted by atomic mass is 9.94. The lowest BCUT2D eigenvalue weighted by Crippen LogP contribution is -2.20. The summed E-state index contributed by atoms with van der Waals surface area (Å²) in [5.41, 5.74) is 2.42. The van der Waals surface area contributed by atoms with E-state index in [0.717, 1.165) is 5.75 Å². The van der Waals surface area contributed by atoms with Crippen molar-refractivity contribution >= 4 is 15.9 Å². The van der Waals surface area contributed by atoms with Crippen molar-refractivity contribution < 1.29 is 9.84 Å². The third kappa shape index (κ3) is 3.99. The molecule has 0 saturated heterocycles. The van der Waals surface area contributed by atoms with E-state index in [4.69, 9.17) is 4.74 Å². The van der Waals surface area contributed by atoms with Crippen molar-refractivity contribution in [1.29, 1.82) is 0 Å². The summed E-state index contributed by atoms with van der Waals surface area (Å²) in [5, 5.41) is 10.1. The molecule has 0 amide bonds. The van der Waals surface area contributed by atoms with Gasteiger partial charge >= 0.3 is 0 Å². The van der Waals surface area contributed by atoms with Gasteiger partial charge in [-0.25, -0.2) is 0 Å². The van der Waals surface area contributed by atoms with Crippen LogP contribution in [0.4, 0.5) is 0 Å². The fourth-order valence-corrected chi connectivity index (χ4v) is 2.06. The zero-order valence-corrected chi connectivity index (χ0v) is 13.2. The second kappa shape index (κ2) is 7.15. The highest BCUT2D eigenvalue weighted by atomic mass is 79.9. The molecular weight excluding hydrogens is 292 g/mol. The molecule has 0 aromatic heterocycles. The second-order valence-electron chi connectivity index (χ2n) is 5.19. The van der Waals surface area contributed by atoms with E-state index < -0.39 is 6.10 Å². The van der Waals surface area contributed by atoms with Crippen LogP contribution in [0.15, 0.2) is 18.2 Å². The van der Waals surface area contributed by atoms with Gasteiger partial charge in [0.05, 0.1) is 6.10 Å². The van der Waals surface area contributed by atoms with Crippen molar-refractivity contribution in [1.82, 2.24) is 0 Å². The van der Waals surface area contributed by atoms with Crippen molar-refractivity contribution in [2.24, 2.45) is 0 Å². The number of alkyl halides is 1. The van der Waals surface area contributed by atoms with E-state index in [9.17, 15) is 5.11 Å². The lowest BCUT2D eigenvalue weighted by Gasteiger charge is -2.21. The van der Waals surface area contributed by atoms with Crippen LogP contribution in [0.2, 0.25) is 0 Å². The summed E-state index contributed by atoms with van der Waals surface area (Å²) in [6.45, 7) is 8.97. The van der Waals surface area contributed by atoms with Gasteiger partial charge in [-0.05, 0) is 23.0 Å². The summed E-state index contributed by atoms with van der Waals surface area (Å²) in [6, 6.07) is 6.29. The Kier molecular flexibility index (Phi) is 6.16. The number of hydrogen-bond acceptors (Lipinski definition) is 2. The molecule has 0 heterocycles. The van der Waals surface area contributed by atoms with Crippen molar-refractivity contribution in [2.75, 3.05) is 11.9 Å². The molecular formula is C15H23BrO2. The highest BCUT2D eigenvalue weighted by molar-refractivity contribution is 9.09. The maximum Gasteiger partial charge on any atom is 0.126 e. The molecule has 0 saturated carbocycles. The molecule has 1 aromatic rings. The molecule has 0 aliphatic rings. The topological polar surface area (TPSA) is 29.5 Å². The van der Waals surface area contributed by atoms with Crippen LogP contribution in [0, 0.1) is 0 Å². The SMILES string of the molecule is CC(C)c1cccc(C(C)C)c1OCC(O)CBr. The van der Waals surface area contributed by atoms with Crippen molar-refractivity contribution in [3.63, 3.8) is 0 Å². The Bertz CT molecular complexity index is 349. The number of halogens is 1. The molecule has 1 rings (SSSR count). The van der Waals surface area contributed by atoms with Crippen LogP contribution in [-0.2, 0) is 0 Å². The minimum Gasteiger partial charge on any atom is -0.490 e. The Balaban J connectivity index is 3.03. The Morgan fingerprint density at radius 1 is 1.11 bits per heavy atom. The molecule has 1 atom stereocenters. The Morgan fingerprint density at radius 3 is 2.00 bits per heavy atom.